The van der Waals surface area contributed by atoms with E-state index < -0.39 is 0 Å². The van der Waals surface area contributed by atoms with E-state index >= 15 is 0 Å². The molecule has 2 aromatic rings. The van der Waals surface area contributed by atoms with Gasteiger partial charge in [0.2, 0.25) is 5.91 Å². The highest BCUT2D eigenvalue weighted by Gasteiger charge is 2.19. The zero-order valence-corrected chi connectivity index (χ0v) is 12.8. The number of halogens is 1. The van der Waals surface area contributed by atoms with Crippen LogP contribution >= 0.6 is 0 Å². The van der Waals surface area contributed by atoms with Gasteiger partial charge in [-0.15, -0.1) is 0 Å². The first kappa shape index (κ1) is 15.4. The van der Waals surface area contributed by atoms with Gasteiger partial charge in [0, 0.05) is 38.1 Å². The van der Waals surface area contributed by atoms with Crippen molar-refractivity contribution in [3.63, 3.8) is 0 Å². The van der Waals surface area contributed by atoms with Gasteiger partial charge in [-0.1, -0.05) is 6.07 Å². The number of carbonyl (C=O) groups excluding carboxylic acids is 1. The van der Waals surface area contributed by atoms with Crippen LogP contribution in [0.25, 0.3) is 0 Å². The Kier molecular flexibility index (Phi) is 4.83. The van der Waals surface area contributed by atoms with Crippen LogP contribution in [0.5, 0.6) is 0 Å². The largest absolute Gasteiger partial charge is 0.369 e. The van der Waals surface area contributed by atoms with Crippen LogP contribution in [0.2, 0.25) is 0 Å². The van der Waals surface area contributed by atoms with E-state index in [2.05, 4.69) is 20.1 Å². The van der Waals surface area contributed by atoms with Crippen LogP contribution in [0.1, 0.15) is 0 Å². The van der Waals surface area contributed by atoms with Crippen molar-refractivity contribution in [3.05, 3.63) is 54.5 Å². The number of nitrogens with one attached hydrogen (secondary N) is 1. The molecule has 120 valence electrons. The highest BCUT2D eigenvalue weighted by atomic mass is 19.1. The molecule has 0 unspecified atom stereocenters. The number of hydrogen-bond donors (Lipinski definition) is 1. The van der Waals surface area contributed by atoms with Crippen molar-refractivity contribution >= 4 is 17.4 Å². The standard InChI is InChI=1S/C17H19FN4O/c18-14-4-6-15(7-5-14)22-11-9-21(10-12-22)13-17(23)20-16-3-1-2-8-19-16/h1-8H,9-13H2,(H,19,20,23). The third-order valence-electron chi connectivity index (χ3n) is 3.86. The maximum absolute atomic E-state index is 13.0. The van der Waals surface area contributed by atoms with E-state index in [-0.39, 0.29) is 11.7 Å². The summed E-state index contributed by atoms with van der Waals surface area (Å²) in [5.74, 6) is 0.292. The van der Waals surface area contributed by atoms with Gasteiger partial charge in [0.25, 0.3) is 0 Å². The molecule has 0 radical (unpaired) electrons. The second kappa shape index (κ2) is 7.19. The van der Waals surface area contributed by atoms with Crippen LogP contribution < -0.4 is 10.2 Å². The summed E-state index contributed by atoms with van der Waals surface area (Å²) in [6.07, 6.45) is 1.65. The van der Waals surface area contributed by atoms with Gasteiger partial charge in [0.15, 0.2) is 0 Å². The number of rotatable bonds is 4. The fraction of sp³-hybridized carbons (Fsp3) is 0.294. The molecule has 3 rings (SSSR count). The van der Waals surface area contributed by atoms with Gasteiger partial charge in [-0.25, -0.2) is 9.37 Å². The lowest BCUT2D eigenvalue weighted by molar-refractivity contribution is -0.117. The van der Waals surface area contributed by atoms with Gasteiger partial charge >= 0.3 is 0 Å². The molecule has 1 fully saturated rings. The van der Waals surface area contributed by atoms with Crippen molar-refractivity contribution in [2.75, 3.05) is 42.9 Å². The molecule has 1 saturated heterocycles. The van der Waals surface area contributed by atoms with E-state index in [0.29, 0.717) is 12.4 Å². The summed E-state index contributed by atoms with van der Waals surface area (Å²) < 4.78 is 13.0. The van der Waals surface area contributed by atoms with Crippen molar-refractivity contribution in [1.29, 1.82) is 0 Å². The molecule has 0 aliphatic carbocycles. The Labute approximate surface area is 134 Å². The van der Waals surface area contributed by atoms with Gasteiger partial charge in [-0.3, -0.25) is 9.69 Å². The van der Waals surface area contributed by atoms with E-state index in [4.69, 9.17) is 0 Å². The number of anilines is 2. The van der Waals surface area contributed by atoms with Crippen LogP contribution in [-0.2, 0) is 4.79 Å². The molecule has 5 nitrogen and oxygen atoms in total. The third kappa shape index (κ3) is 4.26. The van der Waals surface area contributed by atoms with Crippen molar-refractivity contribution in [2.45, 2.75) is 0 Å². The molecule has 6 heteroatoms. The topological polar surface area (TPSA) is 48.5 Å². The maximum atomic E-state index is 13.0. The number of benzene rings is 1. The first-order chi connectivity index (χ1) is 11.2. The van der Waals surface area contributed by atoms with E-state index in [1.807, 2.05) is 12.1 Å². The van der Waals surface area contributed by atoms with Crippen LogP contribution in [0.4, 0.5) is 15.9 Å². The summed E-state index contributed by atoms with van der Waals surface area (Å²) >= 11 is 0. The highest BCUT2D eigenvalue weighted by molar-refractivity contribution is 5.91. The molecule has 0 bridgehead atoms. The summed E-state index contributed by atoms with van der Waals surface area (Å²) in [7, 11) is 0. The van der Waals surface area contributed by atoms with Gasteiger partial charge in [0.1, 0.15) is 11.6 Å². The summed E-state index contributed by atoms with van der Waals surface area (Å²) in [6.45, 7) is 3.60. The zero-order chi connectivity index (χ0) is 16.1. The average Bonchev–Trinajstić information content (AvgIpc) is 2.57. The number of hydrogen-bond acceptors (Lipinski definition) is 4. The third-order valence-corrected chi connectivity index (χ3v) is 3.86. The van der Waals surface area contributed by atoms with E-state index in [9.17, 15) is 9.18 Å². The predicted molar refractivity (Wildman–Crippen MR) is 87.9 cm³/mol. The van der Waals surface area contributed by atoms with E-state index in [1.54, 1.807) is 24.4 Å². The van der Waals surface area contributed by atoms with Crippen LogP contribution in [0.3, 0.4) is 0 Å². The lowest BCUT2D eigenvalue weighted by atomic mass is 10.2. The lowest BCUT2D eigenvalue weighted by Gasteiger charge is -2.35. The number of aromatic nitrogens is 1. The SMILES string of the molecule is O=C(CN1CCN(c2ccc(F)cc2)CC1)Nc1ccccn1. The number of nitrogens with zero attached hydrogens (tertiary/aromatic N) is 3. The number of pyridine rings is 1. The molecular weight excluding hydrogens is 295 g/mol. The Morgan fingerprint density at radius 1 is 1.09 bits per heavy atom. The molecule has 1 amide bonds. The predicted octanol–water partition coefficient (Wildman–Crippen LogP) is 1.98. The maximum Gasteiger partial charge on any atom is 0.239 e. The van der Waals surface area contributed by atoms with E-state index in [1.165, 1.54) is 12.1 Å². The summed E-state index contributed by atoms with van der Waals surface area (Å²) in [5.41, 5.74) is 1.02. The monoisotopic (exact) mass is 314 g/mol. The summed E-state index contributed by atoms with van der Waals surface area (Å²) in [6, 6.07) is 11.9. The molecule has 1 aromatic carbocycles. The zero-order valence-electron chi connectivity index (χ0n) is 12.8. The molecule has 1 aliphatic rings. The number of piperazine rings is 1. The molecule has 1 N–H and O–H groups in total. The molecule has 1 aromatic heterocycles. The highest BCUT2D eigenvalue weighted by Crippen LogP contribution is 2.16. The van der Waals surface area contributed by atoms with Gasteiger partial charge in [-0.05, 0) is 36.4 Å². The lowest BCUT2D eigenvalue weighted by Crippen LogP contribution is -2.48. The second-order valence-corrected chi connectivity index (χ2v) is 5.50. The van der Waals surface area contributed by atoms with Crippen LogP contribution in [0.15, 0.2) is 48.7 Å². The fourth-order valence-corrected chi connectivity index (χ4v) is 2.64. The second-order valence-electron chi connectivity index (χ2n) is 5.50. The van der Waals surface area contributed by atoms with E-state index in [0.717, 1.165) is 31.9 Å². The Bertz CT molecular complexity index is 639. The quantitative estimate of drug-likeness (QED) is 0.937. The van der Waals surface area contributed by atoms with Gasteiger partial charge in [-0.2, -0.15) is 0 Å². The first-order valence-electron chi connectivity index (χ1n) is 7.64. The molecule has 23 heavy (non-hydrogen) atoms. The molecule has 0 spiro atoms. The minimum absolute atomic E-state index is 0.0565. The Morgan fingerprint density at radius 3 is 2.48 bits per heavy atom. The fourth-order valence-electron chi connectivity index (χ4n) is 2.64. The molecular formula is C17H19FN4O. The Morgan fingerprint density at radius 2 is 1.83 bits per heavy atom. The smallest absolute Gasteiger partial charge is 0.239 e. The normalized spacial score (nSPS) is 15.4. The van der Waals surface area contributed by atoms with Crippen LogP contribution in [-0.4, -0.2) is 48.5 Å². The number of amides is 1. The minimum atomic E-state index is -0.224. The van der Waals surface area contributed by atoms with Crippen molar-refractivity contribution in [1.82, 2.24) is 9.88 Å². The molecule has 1 aliphatic heterocycles. The molecule has 0 saturated carbocycles. The van der Waals surface area contributed by atoms with Crippen LogP contribution in [0, 0.1) is 5.82 Å². The average molecular weight is 314 g/mol. The van der Waals surface area contributed by atoms with Crippen molar-refractivity contribution < 1.29 is 9.18 Å². The summed E-state index contributed by atoms with van der Waals surface area (Å²) in [5, 5.41) is 2.79. The minimum Gasteiger partial charge on any atom is -0.369 e. The summed E-state index contributed by atoms with van der Waals surface area (Å²) in [4.78, 5) is 20.4. The van der Waals surface area contributed by atoms with Crippen molar-refractivity contribution in [3.8, 4) is 0 Å². The molecule has 2 heterocycles. The number of carbonyl (C=O) groups is 1. The Hall–Kier alpha value is -2.47. The van der Waals surface area contributed by atoms with Gasteiger partial charge in [0.05, 0.1) is 6.54 Å². The van der Waals surface area contributed by atoms with Gasteiger partial charge < -0.3 is 10.2 Å². The first-order valence-corrected chi connectivity index (χ1v) is 7.64. The molecule has 0 atom stereocenters. The Balaban J connectivity index is 1.47. The van der Waals surface area contributed by atoms with Crippen molar-refractivity contribution in [2.24, 2.45) is 0 Å².